The first kappa shape index (κ1) is 18.5. The number of nitrogens with one attached hydrogen (secondary N) is 1. The van der Waals surface area contributed by atoms with Crippen molar-refractivity contribution in [3.05, 3.63) is 59.9 Å². The van der Waals surface area contributed by atoms with Crippen LogP contribution in [-0.4, -0.2) is 36.2 Å². The number of rotatable bonds is 5. The van der Waals surface area contributed by atoms with Crippen LogP contribution >= 0.6 is 0 Å². The molecule has 1 aliphatic heterocycles. The molecule has 2 heterocycles. The maximum Gasteiger partial charge on any atom is 0.251 e. The number of nitrogens with zero attached hydrogens (tertiary/aromatic N) is 2. The minimum Gasteiger partial charge on any atom is -0.348 e. The van der Waals surface area contributed by atoms with Crippen LogP contribution in [0.15, 0.2) is 53.7 Å². The first-order chi connectivity index (χ1) is 12.5. The average Bonchev–Trinajstić information content (AvgIpc) is 2.67. The highest BCUT2D eigenvalue weighted by Crippen LogP contribution is 2.25. The lowest BCUT2D eigenvalue weighted by atomic mass is 10.1. The fourth-order valence-electron chi connectivity index (χ4n) is 3.13. The van der Waals surface area contributed by atoms with E-state index in [1.54, 1.807) is 28.8 Å². The van der Waals surface area contributed by atoms with Crippen molar-refractivity contribution in [1.82, 2.24) is 14.6 Å². The standard InChI is InChI=1S/C19H23N3O3S/c1-15-5-2-3-12-22(15)26(24,25)18-9-7-17(8-10-18)19(23)21-14-16-6-4-11-20-13-16/h4,6-11,13,15H,2-3,5,12,14H2,1H3,(H,21,23). The molecule has 1 unspecified atom stereocenters. The number of hydrogen-bond donors (Lipinski definition) is 1. The Morgan fingerprint density at radius 1 is 1.23 bits per heavy atom. The zero-order chi connectivity index (χ0) is 18.6. The Kier molecular flexibility index (Phi) is 5.68. The van der Waals surface area contributed by atoms with Gasteiger partial charge in [0.25, 0.3) is 5.91 Å². The van der Waals surface area contributed by atoms with E-state index in [1.807, 2.05) is 19.1 Å². The second-order valence-electron chi connectivity index (χ2n) is 6.53. The van der Waals surface area contributed by atoms with Crippen LogP contribution < -0.4 is 5.32 Å². The summed E-state index contributed by atoms with van der Waals surface area (Å²) in [5.74, 6) is -0.246. The molecular formula is C19H23N3O3S. The molecule has 26 heavy (non-hydrogen) atoms. The molecule has 138 valence electrons. The molecule has 1 saturated heterocycles. The van der Waals surface area contributed by atoms with E-state index in [4.69, 9.17) is 0 Å². The summed E-state index contributed by atoms with van der Waals surface area (Å²) in [5.41, 5.74) is 1.33. The molecule has 1 aliphatic rings. The SMILES string of the molecule is CC1CCCCN1S(=O)(=O)c1ccc(C(=O)NCc2cccnc2)cc1. The second-order valence-corrected chi connectivity index (χ2v) is 8.42. The lowest BCUT2D eigenvalue weighted by molar-refractivity contribution is 0.0950. The van der Waals surface area contributed by atoms with Crippen molar-refractivity contribution in [2.75, 3.05) is 6.54 Å². The van der Waals surface area contributed by atoms with E-state index in [1.165, 1.54) is 12.1 Å². The van der Waals surface area contributed by atoms with Crippen LogP contribution in [0.1, 0.15) is 42.1 Å². The third-order valence-electron chi connectivity index (χ3n) is 4.64. The van der Waals surface area contributed by atoms with Crippen molar-refractivity contribution in [1.29, 1.82) is 0 Å². The van der Waals surface area contributed by atoms with E-state index in [-0.39, 0.29) is 16.8 Å². The molecule has 0 bridgehead atoms. The van der Waals surface area contributed by atoms with Crippen molar-refractivity contribution in [2.45, 2.75) is 43.7 Å². The zero-order valence-corrected chi connectivity index (χ0v) is 15.6. The van der Waals surface area contributed by atoms with Crippen LogP contribution in [0.4, 0.5) is 0 Å². The number of amides is 1. The minimum atomic E-state index is -3.52. The molecule has 1 aromatic heterocycles. The fourth-order valence-corrected chi connectivity index (χ4v) is 4.83. The highest BCUT2D eigenvalue weighted by atomic mass is 32.2. The van der Waals surface area contributed by atoms with Crippen LogP contribution in [0.2, 0.25) is 0 Å². The van der Waals surface area contributed by atoms with Gasteiger partial charge in [0.05, 0.1) is 4.90 Å². The largest absolute Gasteiger partial charge is 0.348 e. The molecule has 6 nitrogen and oxygen atoms in total. The molecule has 1 aromatic carbocycles. The summed E-state index contributed by atoms with van der Waals surface area (Å²) in [6.07, 6.45) is 6.19. The highest BCUT2D eigenvalue weighted by molar-refractivity contribution is 7.89. The molecule has 1 N–H and O–H groups in total. The molecule has 1 fully saturated rings. The summed E-state index contributed by atoms with van der Waals surface area (Å²) in [5, 5.41) is 2.81. The zero-order valence-electron chi connectivity index (χ0n) is 14.8. The summed E-state index contributed by atoms with van der Waals surface area (Å²) in [6, 6.07) is 9.83. The third-order valence-corrected chi connectivity index (χ3v) is 6.67. The Morgan fingerprint density at radius 2 is 2.00 bits per heavy atom. The van der Waals surface area contributed by atoms with Gasteiger partial charge in [0.15, 0.2) is 0 Å². The van der Waals surface area contributed by atoms with Gasteiger partial charge in [0.1, 0.15) is 0 Å². The van der Waals surface area contributed by atoms with Gasteiger partial charge in [-0.2, -0.15) is 4.31 Å². The molecule has 0 aliphatic carbocycles. The molecule has 2 aromatic rings. The quantitative estimate of drug-likeness (QED) is 0.874. The normalized spacial score (nSPS) is 18.4. The summed E-state index contributed by atoms with van der Waals surface area (Å²) >= 11 is 0. The van der Waals surface area contributed by atoms with Gasteiger partial charge in [-0.15, -0.1) is 0 Å². The highest BCUT2D eigenvalue weighted by Gasteiger charge is 2.30. The molecule has 7 heteroatoms. The van der Waals surface area contributed by atoms with E-state index in [2.05, 4.69) is 10.3 Å². The number of pyridine rings is 1. The van der Waals surface area contributed by atoms with Gasteiger partial charge in [0, 0.05) is 37.1 Å². The second kappa shape index (κ2) is 7.97. The summed E-state index contributed by atoms with van der Waals surface area (Å²) in [6.45, 7) is 2.87. The van der Waals surface area contributed by atoms with Crippen molar-refractivity contribution in [3.63, 3.8) is 0 Å². The Morgan fingerprint density at radius 3 is 2.65 bits per heavy atom. The first-order valence-electron chi connectivity index (χ1n) is 8.77. The van der Waals surface area contributed by atoms with Gasteiger partial charge in [-0.25, -0.2) is 8.42 Å². The molecule has 0 saturated carbocycles. The van der Waals surface area contributed by atoms with Crippen molar-refractivity contribution in [3.8, 4) is 0 Å². The van der Waals surface area contributed by atoms with Crippen molar-refractivity contribution < 1.29 is 13.2 Å². The topological polar surface area (TPSA) is 79.4 Å². The molecule has 0 radical (unpaired) electrons. The van der Waals surface area contributed by atoms with E-state index in [0.717, 1.165) is 24.8 Å². The lowest BCUT2D eigenvalue weighted by Crippen LogP contribution is -2.41. The number of carbonyl (C=O) groups is 1. The minimum absolute atomic E-state index is 0.0104. The van der Waals surface area contributed by atoms with Gasteiger partial charge < -0.3 is 5.32 Å². The average molecular weight is 373 g/mol. The molecular weight excluding hydrogens is 350 g/mol. The number of aromatic nitrogens is 1. The lowest BCUT2D eigenvalue weighted by Gasteiger charge is -2.32. The van der Waals surface area contributed by atoms with Gasteiger partial charge in [-0.3, -0.25) is 9.78 Å². The van der Waals surface area contributed by atoms with E-state index in [9.17, 15) is 13.2 Å². The smallest absolute Gasteiger partial charge is 0.251 e. The van der Waals surface area contributed by atoms with E-state index in [0.29, 0.717) is 18.7 Å². The molecule has 3 rings (SSSR count). The Bertz CT molecular complexity index is 851. The van der Waals surface area contributed by atoms with Gasteiger partial charge in [-0.05, 0) is 55.7 Å². The number of benzene rings is 1. The maximum atomic E-state index is 12.8. The van der Waals surface area contributed by atoms with Gasteiger partial charge in [-0.1, -0.05) is 12.5 Å². The first-order valence-corrected chi connectivity index (χ1v) is 10.2. The molecule has 1 atom stereocenters. The number of carbonyl (C=O) groups excluding carboxylic acids is 1. The Labute approximate surface area is 154 Å². The van der Waals surface area contributed by atoms with Gasteiger partial charge >= 0.3 is 0 Å². The van der Waals surface area contributed by atoms with Crippen LogP contribution in [0.3, 0.4) is 0 Å². The monoisotopic (exact) mass is 373 g/mol. The summed E-state index contributed by atoms with van der Waals surface area (Å²) in [7, 11) is -3.52. The van der Waals surface area contributed by atoms with Crippen LogP contribution in [0.5, 0.6) is 0 Å². The Balaban J connectivity index is 1.68. The third kappa shape index (κ3) is 4.11. The van der Waals surface area contributed by atoms with Crippen molar-refractivity contribution >= 4 is 15.9 Å². The molecule has 0 spiro atoms. The van der Waals surface area contributed by atoms with Crippen LogP contribution in [0, 0.1) is 0 Å². The number of hydrogen-bond acceptors (Lipinski definition) is 4. The maximum absolute atomic E-state index is 12.8. The van der Waals surface area contributed by atoms with Crippen LogP contribution in [-0.2, 0) is 16.6 Å². The predicted molar refractivity (Wildman–Crippen MR) is 99.1 cm³/mol. The van der Waals surface area contributed by atoms with Crippen molar-refractivity contribution in [2.24, 2.45) is 0 Å². The number of piperidine rings is 1. The number of sulfonamides is 1. The summed E-state index contributed by atoms with van der Waals surface area (Å²) < 4.78 is 27.2. The van der Waals surface area contributed by atoms with E-state index >= 15 is 0 Å². The fraction of sp³-hybridized carbons (Fsp3) is 0.368. The Hall–Kier alpha value is -2.25. The summed E-state index contributed by atoms with van der Waals surface area (Å²) in [4.78, 5) is 16.5. The predicted octanol–water partition coefficient (Wildman–Crippen LogP) is 2.57. The molecule has 1 amide bonds. The van der Waals surface area contributed by atoms with Gasteiger partial charge in [0.2, 0.25) is 10.0 Å². The van der Waals surface area contributed by atoms with Crippen LogP contribution in [0.25, 0.3) is 0 Å². The van der Waals surface area contributed by atoms with E-state index < -0.39 is 10.0 Å².